The van der Waals surface area contributed by atoms with Crippen molar-refractivity contribution in [3.8, 4) is 11.8 Å². The fraction of sp³-hybridized carbons (Fsp3) is 0.238. The van der Waals surface area contributed by atoms with Crippen molar-refractivity contribution in [2.24, 2.45) is 5.92 Å². The molecule has 3 rings (SSSR count). The van der Waals surface area contributed by atoms with Crippen LogP contribution in [-0.2, 0) is 6.42 Å². The predicted octanol–water partition coefficient (Wildman–Crippen LogP) is 4.83. The molecule has 0 amide bonds. The third-order valence-electron chi connectivity index (χ3n) is 4.13. The normalized spacial score (nSPS) is 11.7. The number of hydrogen-bond acceptors (Lipinski definition) is 3. The molecule has 2 aromatic heterocycles. The maximum atomic E-state index is 9.73. The van der Waals surface area contributed by atoms with Gasteiger partial charge in [0.15, 0.2) is 0 Å². The minimum Gasteiger partial charge on any atom is -0.497 e. The molecular formula is C21H21N3O. The van der Waals surface area contributed by atoms with Crippen molar-refractivity contribution in [1.82, 2.24) is 9.97 Å². The van der Waals surface area contributed by atoms with E-state index in [1.807, 2.05) is 42.6 Å². The van der Waals surface area contributed by atoms with Crippen LogP contribution in [-0.4, -0.2) is 17.1 Å². The van der Waals surface area contributed by atoms with Gasteiger partial charge in [-0.2, -0.15) is 5.26 Å². The summed E-state index contributed by atoms with van der Waals surface area (Å²) in [5.41, 5.74) is 4.46. The largest absolute Gasteiger partial charge is 0.497 e. The van der Waals surface area contributed by atoms with E-state index in [0.717, 1.165) is 39.9 Å². The van der Waals surface area contributed by atoms with E-state index in [2.05, 4.69) is 29.9 Å². The van der Waals surface area contributed by atoms with E-state index in [0.29, 0.717) is 11.5 Å². The second kappa shape index (κ2) is 7.23. The van der Waals surface area contributed by atoms with Gasteiger partial charge in [-0.3, -0.25) is 4.98 Å². The van der Waals surface area contributed by atoms with Gasteiger partial charge in [-0.25, -0.2) is 0 Å². The average Bonchev–Trinajstić information content (AvgIpc) is 3.03. The second-order valence-corrected chi connectivity index (χ2v) is 6.42. The van der Waals surface area contributed by atoms with Gasteiger partial charge in [-0.05, 0) is 48.2 Å². The Kier molecular flexibility index (Phi) is 4.85. The summed E-state index contributed by atoms with van der Waals surface area (Å²) in [6.45, 7) is 4.33. The number of benzene rings is 1. The van der Waals surface area contributed by atoms with Crippen molar-refractivity contribution < 1.29 is 4.74 Å². The van der Waals surface area contributed by atoms with Gasteiger partial charge >= 0.3 is 0 Å². The molecular weight excluding hydrogens is 310 g/mol. The summed E-state index contributed by atoms with van der Waals surface area (Å²) in [4.78, 5) is 7.72. The molecule has 0 aliphatic rings. The Morgan fingerprint density at radius 2 is 2.20 bits per heavy atom. The molecule has 0 aliphatic carbocycles. The summed E-state index contributed by atoms with van der Waals surface area (Å²) in [5, 5.41) is 10.7. The van der Waals surface area contributed by atoms with Gasteiger partial charge in [0.05, 0.1) is 18.8 Å². The Labute approximate surface area is 147 Å². The minimum absolute atomic E-state index is 0.505. The number of nitrogens with one attached hydrogen (secondary N) is 1. The van der Waals surface area contributed by atoms with Crippen molar-refractivity contribution in [3.63, 3.8) is 0 Å². The van der Waals surface area contributed by atoms with Gasteiger partial charge in [0, 0.05) is 34.6 Å². The Bertz CT molecular complexity index is 961. The molecule has 126 valence electrons. The van der Waals surface area contributed by atoms with E-state index in [1.165, 1.54) is 0 Å². The molecule has 1 aromatic carbocycles. The van der Waals surface area contributed by atoms with Crippen molar-refractivity contribution in [2.45, 2.75) is 20.3 Å². The number of aromatic amines is 1. The smallest absolute Gasteiger partial charge is 0.119 e. The van der Waals surface area contributed by atoms with Gasteiger partial charge in [-0.1, -0.05) is 19.9 Å². The van der Waals surface area contributed by atoms with Crippen LogP contribution in [0.5, 0.6) is 5.75 Å². The van der Waals surface area contributed by atoms with Crippen LogP contribution in [0.3, 0.4) is 0 Å². The van der Waals surface area contributed by atoms with Crippen molar-refractivity contribution in [3.05, 3.63) is 59.5 Å². The Morgan fingerprint density at radius 3 is 2.92 bits per heavy atom. The Hall–Kier alpha value is -3.06. The zero-order valence-electron chi connectivity index (χ0n) is 14.7. The van der Waals surface area contributed by atoms with E-state index < -0.39 is 0 Å². The van der Waals surface area contributed by atoms with Crippen molar-refractivity contribution in [1.29, 1.82) is 5.26 Å². The molecule has 0 spiro atoms. The van der Waals surface area contributed by atoms with Gasteiger partial charge in [-0.15, -0.1) is 0 Å². The fourth-order valence-corrected chi connectivity index (χ4v) is 2.91. The number of pyridine rings is 1. The molecule has 3 aromatic rings. The van der Waals surface area contributed by atoms with Crippen LogP contribution >= 0.6 is 0 Å². The maximum absolute atomic E-state index is 9.73. The molecule has 2 heterocycles. The molecule has 4 nitrogen and oxygen atoms in total. The third kappa shape index (κ3) is 3.56. The third-order valence-corrected chi connectivity index (χ3v) is 4.13. The van der Waals surface area contributed by atoms with E-state index in [-0.39, 0.29) is 0 Å². The fourth-order valence-electron chi connectivity index (χ4n) is 2.91. The molecule has 4 heteroatoms. The molecule has 0 saturated carbocycles. The molecule has 0 fully saturated rings. The number of hydrogen-bond donors (Lipinski definition) is 1. The minimum atomic E-state index is 0.505. The molecule has 0 saturated heterocycles. The first kappa shape index (κ1) is 16.8. The van der Waals surface area contributed by atoms with Crippen LogP contribution in [0.1, 0.15) is 30.7 Å². The molecule has 0 aliphatic heterocycles. The number of allylic oxidation sites excluding steroid dienone is 1. The van der Waals surface area contributed by atoms with E-state index in [9.17, 15) is 5.26 Å². The number of methoxy groups -OCH3 is 1. The summed E-state index contributed by atoms with van der Waals surface area (Å²) in [7, 11) is 1.64. The second-order valence-electron chi connectivity index (χ2n) is 6.42. The zero-order valence-corrected chi connectivity index (χ0v) is 14.7. The monoisotopic (exact) mass is 331 g/mol. The summed E-state index contributed by atoms with van der Waals surface area (Å²) < 4.78 is 5.31. The molecule has 0 radical (unpaired) electrons. The highest BCUT2D eigenvalue weighted by atomic mass is 16.5. The van der Waals surface area contributed by atoms with Crippen molar-refractivity contribution in [2.75, 3.05) is 7.11 Å². The lowest BCUT2D eigenvalue weighted by atomic mass is 9.99. The van der Waals surface area contributed by atoms with Crippen molar-refractivity contribution >= 4 is 22.6 Å². The Balaban J connectivity index is 2.10. The standard InChI is InChI=1S/C21H21N3O/c1-14(2)9-21-15(5-4-8-23-21)10-16(12-22)19-13-24-20-7-6-17(25-3)11-18(19)20/h4-8,10-11,13-14,24H,9H2,1-3H3/b16-10+. The van der Waals surface area contributed by atoms with Crippen LogP contribution in [0.4, 0.5) is 0 Å². The number of H-pyrrole nitrogens is 1. The van der Waals surface area contributed by atoms with Crippen LogP contribution in [0.15, 0.2) is 42.7 Å². The zero-order chi connectivity index (χ0) is 17.8. The summed E-state index contributed by atoms with van der Waals surface area (Å²) in [5.74, 6) is 1.28. The van der Waals surface area contributed by atoms with Gasteiger partial charge in [0.25, 0.3) is 0 Å². The number of nitriles is 1. The number of nitrogens with zero attached hydrogens (tertiary/aromatic N) is 2. The van der Waals surface area contributed by atoms with Crippen LogP contribution < -0.4 is 4.74 Å². The van der Waals surface area contributed by atoms with Crippen LogP contribution in [0.2, 0.25) is 0 Å². The van der Waals surface area contributed by atoms with Gasteiger partial charge < -0.3 is 9.72 Å². The first-order chi connectivity index (χ1) is 12.1. The van der Waals surface area contributed by atoms with Gasteiger partial charge in [0.1, 0.15) is 5.75 Å². The highest BCUT2D eigenvalue weighted by Crippen LogP contribution is 2.29. The van der Waals surface area contributed by atoms with Crippen LogP contribution in [0.25, 0.3) is 22.6 Å². The first-order valence-corrected chi connectivity index (χ1v) is 8.33. The van der Waals surface area contributed by atoms with E-state index >= 15 is 0 Å². The molecule has 0 bridgehead atoms. The molecule has 0 atom stereocenters. The van der Waals surface area contributed by atoms with Crippen LogP contribution in [0, 0.1) is 17.2 Å². The maximum Gasteiger partial charge on any atom is 0.119 e. The molecule has 25 heavy (non-hydrogen) atoms. The summed E-state index contributed by atoms with van der Waals surface area (Å²) in [6, 6.07) is 12.1. The lowest BCUT2D eigenvalue weighted by Crippen LogP contribution is -1.99. The molecule has 0 unspecified atom stereocenters. The van der Waals surface area contributed by atoms with Gasteiger partial charge in [0.2, 0.25) is 0 Å². The topological polar surface area (TPSA) is 61.7 Å². The SMILES string of the molecule is COc1ccc2[nH]cc(/C(C#N)=C/c3cccnc3CC(C)C)c2c1. The number of aromatic nitrogens is 2. The number of fused-ring (bicyclic) bond motifs is 1. The lowest BCUT2D eigenvalue weighted by Gasteiger charge is -2.08. The highest BCUT2D eigenvalue weighted by molar-refractivity contribution is 6.01. The average molecular weight is 331 g/mol. The number of rotatable bonds is 5. The number of ether oxygens (including phenoxy) is 1. The Morgan fingerprint density at radius 1 is 1.36 bits per heavy atom. The first-order valence-electron chi connectivity index (χ1n) is 8.33. The summed E-state index contributed by atoms with van der Waals surface area (Å²) in [6.07, 6.45) is 6.48. The highest BCUT2D eigenvalue weighted by Gasteiger charge is 2.11. The predicted molar refractivity (Wildman–Crippen MR) is 101 cm³/mol. The summed E-state index contributed by atoms with van der Waals surface area (Å²) >= 11 is 0. The van der Waals surface area contributed by atoms with E-state index in [4.69, 9.17) is 4.74 Å². The molecule has 1 N–H and O–H groups in total. The van der Waals surface area contributed by atoms with E-state index in [1.54, 1.807) is 13.3 Å². The lowest BCUT2D eigenvalue weighted by molar-refractivity contribution is 0.415. The quantitative estimate of drug-likeness (QED) is 0.681.